The summed E-state index contributed by atoms with van der Waals surface area (Å²) in [6, 6.07) is 6.66. The van der Waals surface area contributed by atoms with Gasteiger partial charge in [-0.2, -0.15) is 0 Å². The Kier molecular flexibility index (Phi) is 4.92. The lowest BCUT2D eigenvalue weighted by Gasteiger charge is -2.21. The Balaban J connectivity index is 2.18. The molecule has 0 bridgehead atoms. The first-order valence-electron chi connectivity index (χ1n) is 7.42. The van der Waals surface area contributed by atoms with Crippen molar-refractivity contribution < 1.29 is 24.0 Å². The van der Waals surface area contributed by atoms with Gasteiger partial charge in [0.1, 0.15) is 23.7 Å². The molecular formula is C17H20N2O5. The van der Waals surface area contributed by atoms with Gasteiger partial charge in [-0.1, -0.05) is 17.3 Å². The highest BCUT2D eigenvalue weighted by atomic mass is 16.5. The number of amides is 1. The molecule has 0 spiro atoms. The highest BCUT2D eigenvalue weighted by Crippen LogP contribution is 2.22. The third-order valence-corrected chi connectivity index (χ3v) is 3.65. The molecule has 2 N–H and O–H groups in total. The van der Waals surface area contributed by atoms with E-state index in [-0.39, 0.29) is 12.2 Å². The first-order valence-corrected chi connectivity index (χ1v) is 7.42. The van der Waals surface area contributed by atoms with E-state index >= 15 is 0 Å². The van der Waals surface area contributed by atoms with E-state index in [0.717, 1.165) is 11.3 Å². The van der Waals surface area contributed by atoms with E-state index in [1.807, 2.05) is 6.92 Å². The van der Waals surface area contributed by atoms with Gasteiger partial charge in [0.2, 0.25) is 0 Å². The van der Waals surface area contributed by atoms with Crippen molar-refractivity contribution in [1.82, 2.24) is 10.5 Å². The maximum Gasteiger partial charge on any atom is 0.328 e. The van der Waals surface area contributed by atoms with Gasteiger partial charge in [0.25, 0.3) is 5.91 Å². The number of para-hydroxylation sites is 1. The smallest absolute Gasteiger partial charge is 0.328 e. The molecule has 0 aliphatic carbocycles. The van der Waals surface area contributed by atoms with Crippen LogP contribution in [0.1, 0.15) is 41.2 Å². The summed E-state index contributed by atoms with van der Waals surface area (Å²) in [5.74, 6) is -0.626. The average Bonchev–Trinajstić information content (AvgIpc) is 2.83. The zero-order valence-electron chi connectivity index (χ0n) is 14.0. The number of hydrogen-bond acceptors (Lipinski definition) is 5. The molecule has 0 aliphatic heterocycles. The summed E-state index contributed by atoms with van der Waals surface area (Å²) in [6.07, 6.45) is 0. The number of rotatable bonds is 6. The lowest BCUT2D eigenvalue weighted by Crippen LogP contribution is -2.49. The number of carboxylic acids is 1. The molecule has 128 valence electrons. The Morgan fingerprint density at radius 3 is 2.54 bits per heavy atom. The second kappa shape index (κ2) is 6.74. The van der Waals surface area contributed by atoms with Crippen molar-refractivity contribution in [3.8, 4) is 5.75 Å². The summed E-state index contributed by atoms with van der Waals surface area (Å²) in [4.78, 5) is 23.6. The van der Waals surface area contributed by atoms with Crippen molar-refractivity contribution in [1.29, 1.82) is 0 Å². The molecule has 24 heavy (non-hydrogen) atoms. The van der Waals surface area contributed by atoms with Gasteiger partial charge < -0.3 is 19.7 Å². The predicted molar refractivity (Wildman–Crippen MR) is 85.9 cm³/mol. The maximum atomic E-state index is 12.4. The fourth-order valence-electron chi connectivity index (χ4n) is 2.04. The predicted octanol–water partition coefficient (Wildman–Crippen LogP) is 2.46. The number of carbonyl (C=O) groups is 2. The number of hydrogen-bond donors (Lipinski definition) is 2. The SMILES string of the molecule is Cc1noc(C)c1COc1ccccc1C(=O)NC(C)(C)C(=O)O. The minimum atomic E-state index is -1.38. The molecule has 1 amide bonds. The monoisotopic (exact) mass is 332 g/mol. The summed E-state index contributed by atoms with van der Waals surface area (Å²) >= 11 is 0. The van der Waals surface area contributed by atoms with Gasteiger partial charge in [-0.15, -0.1) is 0 Å². The largest absolute Gasteiger partial charge is 0.488 e. The number of nitrogens with one attached hydrogen (secondary N) is 1. The number of carboxylic acid groups (broad SMARTS) is 1. The molecule has 0 aliphatic rings. The molecule has 0 radical (unpaired) electrons. The Bertz CT molecular complexity index is 745. The van der Waals surface area contributed by atoms with E-state index < -0.39 is 17.4 Å². The lowest BCUT2D eigenvalue weighted by atomic mass is 10.0. The van der Waals surface area contributed by atoms with Crippen LogP contribution in [0.3, 0.4) is 0 Å². The van der Waals surface area contributed by atoms with Crippen molar-refractivity contribution in [2.75, 3.05) is 0 Å². The fraction of sp³-hybridized carbons (Fsp3) is 0.353. The van der Waals surface area contributed by atoms with Crippen molar-refractivity contribution >= 4 is 11.9 Å². The third kappa shape index (κ3) is 3.73. The average molecular weight is 332 g/mol. The molecular weight excluding hydrogens is 312 g/mol. The zero-order valence-corrected chi connectivity index (χ0v) is 14.0. The van der Waals surface area contributed by atoms with Gasteiger partial charge in [-0.3, -0.25) is 4.79 Å². The molecule has 0 saturated heterocycles. The number of ether oxygens (including phenoxy) is 1. The zero-order chi connectivity index (χ0) is 17.9. The summed E-state index contributed by atoms with van der Waals surface area (Å²) in [5.41, 5.74) is 0.419. The Morgan fingerprint density at radius 1 is 1.29 bits per heavy atom. The molecule has 7 heteroatoms. The summed E-state index contributed by atoms with van der Waals surface area (Å²) in [6.45, 7) is 6.63. The van der Waals surface area contributed by atoms with Crippen LogP contribution in [-0.2, 0) is 11.4 Å². The molecule has 7 nitrogen and oxygen atoms in total. The second-order valence-electron chi connectivity index (χ2n) is 5.97. The van der Waals surface area contributed by atoms with Crippen LogP contribution >= 0.6 is 0 Å². The normalized spacial score (nSPS) is 11.2. The van der Waals surface area contributed by atoms with Gasteiger partial charge in [0, 0.05) is 0 Å². The third-order valence-electron chi connectivity index (χ3n) is 3.65. The highest BCUT2D eigenvalue weighted by Gasteiger charge is 2.30. The van der Waals surface area contributed by atoms with Crippen LogP contribution < -0.4 is 10.1 Å². The van der Waals surface area contributed by atoms with Crippen molar-refractivity contribution in [3.63, 3.8) is 0 Å². The van der Waals surface area contributed by atoms with Gasteiger partial charge in [0.15, 0.2) is 0 Å². The number of benzene rings is 1. The van der Waals surface area contributed by atoms with E-state index in [9.17, 15) is 9.59 Å². The topological polar surface area (TPSA) is 102 Å². The Morgan fingerprint density at radius 2 is 1.96 bits per heavy atom. The van der Waals surface area contributed by atoms with E-state index in [4.69, 9.17) is 14.4 Å². The lowest BCUT2D eigenvalue weighted by molar-refractivity contribution is -0.143. The first kappa shape index (κ1) is 17.5. The summed E-state index contributed by atoms with van der Waals surface area (Å²) < 4.78 is 10.8. The minimum Gasteiger partial charge on any atom is -0.488 e. The van der Waals surface area contributed by atoms with Crippen LogP contribution in [0.15, 0.2) is 28.8 Å². The summed E-state index contributed by atoms with van der Waals surface area (Å²) in [5, 5.41) is 15.5. The molecule has 1 aromatic carbocycles. The number of nitrogens with zero attached hydrogens (tertiary/aromatic N) is 1. The molecule has 1 aromatic heterocycles. The number of carbonyl (C=O) groups excluding carboxylic acids is 1. The molecule has 2 aromatic rings. The Hall–Kier alpha value is -2.83. The van der Waals surface area contributed by atoms with Gasteiger partial charge in [-0.25, -0.2) is 4.79 Å². The van der Waals surface area contributed by atoms with E-state index in [2.05, 4.69) is 10.5 Å². The van der Waals surface area contributed by atoms with Crippen LogP contribution in [0.2, 0.25) is 0 Å². The van der Waals surface area contributed by atoms with E-state index in [0.29, 0.717) is 11.5 Å². The maximum absolute atomic E-state index is 12.4. The fourth-order valence-corrected chi connectivity index (χ4v) is 2.04. The van der Waals surface area contributed by atoms with Crippen LogP contribution in [0.4, 0.5) is 0 Å². The second-order valence-corrected chi connectivity index (χ2v) is 5.97. The quantitative estimate of drug-likeness (QED) is 0.842. The molecule has 0 fully saturated rings. The number of aromatic nitrogens is 1. The highest BCUT2D eigenvalue weighted by molar-refractivity contribution is 5.99. The van der Waals surface area contributed by atoms with Crippen LogP contribution in [-0.4, -0.2) is 27.7 Å². The first-order chi connectivity index (χ1) is 11.2. The van der Waals surface area contributed by atoms with Crippen LogP contribution in [0.25, 0.3) is 0 Å². The number of aliphatic carboxylic acids is 1. The molecule has 2 rings (SSSR count). The molecule has 0 saturated carbocycles. The number of aryl methyl sites for hydroxylation is 2. The van der Waals surface area contributed by atoms with Gasteiger partial charge in [-0.05, 0) is 39.8 Å². The van der Waals surface area contributed by atoms with E-state index in [1.165, 1.54) is 13.8 Å². The van der Waals surface area contributed by atoms with Crippen molar-refractivity contribution in [2.45, 2.75) is 39.8 Å². The molecule has 1 heterocycles. The standard InChI is InChI=1S/C17H20N2O5/c1-10-13(11(2)24-19-10)9-23-14-8-6-5-7-12(14)15(20)18-17(3,4)16(21)22/h5-8H,9H2,1-4H3,(H,18,20)(H,21,22). The molecule has 0 atom stereocenters. The van der Waals surface area contributed by atoms with Crippen LogP contribution in [0, 0.1) is 13.8 Å². The van der Waals surface area contributed by atoms with Crippen molar-refractivity contribution in [2.24, 2.45) is 0 Å². The Labute approximate surface area is 139 Å². The summed E-state index contributed by atoms with van der Waals surface area (Å²) in [7, 11) is 0. The van der Waals surface area contributed by atoms with Crippen molar-refractivity contribution in [3.05, 3.63) is 46.8 Å². The van der Waals surface area contributed by atoms with Gasteiger partial charge >= 0.3 is 5.97 Å². The van der Waals surface area contributed by atoms with Gasteiger partial charge in [0.05, 0.1) is 16.8 Å². The minimum absolute atomic E-state index is 0.202. The van der Waals surface area contributed by atoms with E-state index in [1.54, 1.807) is 31.2 Å². The molecule has 0 unspecified atom stereocenters. The van der Waals surface area contributed by atoms with Crippen LogP contribution in [0.5, 0.6) is 5.75 Å².